The second-order valence-corrected chi connectivity index (χ2v) is 8.14. The van der Waals surface area contributed by atoms with Gasteiger partial charge in [0.2, 0.25) is 5.91 Å². The van der Waals surface area contributed by atoms with Gasteiger partial charge in [-0.2, -0.15) is 0 Å². The lowest BCUT2D eigenvalue weighted by Crippen LogP contribution is -2.27. The van der Waals surface area contributed by atoms with Gasteiger partial charge >= 0.3 is 5.97 Å². The maximum absolute atomic E-state index is 12.5. The van der Waals surface area contributed by atoms with Crippen molar-refractivity contribution in [3.05, 3.63) is 66.4 Å². The fraction of sp³-hybridized carbons (Fsp3) is 0.217. The quantitative estimate of drug-likeness (QED) is 0.416. The van der Waals surface area contributed by atoms with Crippen LogP contribution in [-0.2, 0) is 14.3 Å². The van der Waals surface area contributed by atoms with Crippen LogP contribution in [0.2, 0.25) is 0 Å². The molecule has 2 aromatic carbocycles. The van der Waals surface area contributed by atoms with E-state index in [4.69, 9.17) is 4.74 Å². The molecular formula is C23H21N3O4S. The van der Waals surface area contributed by atoms with Gasteiger partial charge in [0.05, 0.1) is 22.5 Å². The minimum absolute atomic E-state index is 0.0559. The predicted octanol–water partition coefficient (Wildman–Crippen LogP) is 3.40. The molecular weight excluding hydrogens is 414 g/mol. The molecule has 31 heavy (non-hydrogen) atoms. The van der Waals surface area contributed by atoms with Crippen LogP contribution in [0.15, 0.2) is 65.7 Å². The number of nitrogens with zero attached hydrogens (tertiary/aromatic N) is 1. The number of anilines is 1. The summed E-state index contributed by atoms with van der Waals surface area (Å²) < 4.78 is 5.22. The molecule has 4 rings (SSSR count). The number of pyridine rings is 1. The third-order valence-electron chi connectivity index (χ3n) is 4.66. The van der Waals surface area contributed by atoms with Crippen LogP contribution in [0.25, 0.3) is 10.9 Å². The summed E-state index contributed by atoms with van der Waals surface area (Å²) in [6.45, 7) is -0.420. The van der Waals surface area contributed by atoms with E-state index in [2.05, 4.69) is 15.6 Å². The number of aromatic nitrogens is 1. The molecule has 1 saturated carbocycles. The van der Waals surface area contributed by atoms with E-state index >= 15 is 0 Å². The molecule has 3 aromatic rings. The zero-order valence-corrected chi connectivity index (χ0v) is 17.5. The number of fused-ring (bicyclic) bond motifs is 1. The van der Waals surface area contributed by atoms with E-state index in [0.717, 1.165) is 23.7 Å². The molecule has 2 amide bonds. The second kappa shape index (κ2) is 9.61. The molecule has 158 valence electrons. The van der Waals surface area contributed by atoms with E-state index in [1.165, 1.54) is 11.8 Å². The monoisotopic (exact) mass is 435 g/mol. The molecule has 2 N–H and O–H groups in total. The number of hydrogen-bond donors (Lipinski definition) is 2. The normalized spacial score (nSPS) is 12.9. The van der Waals surface area contributed by atoms with E-state index in [1.54, 1.807) is 48.7 Å². The highest BCUT2D eigenvalue weighted by Gasteiger charge is 2.23. The van der Waals surface area contributed by atoms with Gasteiger partial charge in [0.25, 0.3) is 5.91 Å². The molecule has 1 aliphatic rings. The first-order valence-corrected chi connectivity index (χ1v) is 10.9. The lowest BCUT2D eigenvalue weighted by Gasteiger charge is -2.11. The van der Waals surface area contributed by atoms with E-state index < -0.39 is 18.5 Å². The first kappa shape index (κ1) is 20.9. The Morgan fingerprint density at radius 1 is 1.00 bits per heavy atom. The first-order chi connectivity index (χ1) is 15.1. The minimum atomic E-state index is -0.611. The van der Waals surface area contributed by atoms with Crippen molar-refractivity contribution >= 4 is 46.1 Å². The molecule has 0 saturated heterocycles. The molecule has 8 heteroatoms. The summed E-state index contributed by atoms with van der Waals surface area (Å²) in [5, 5.41) is 6.47. The third-order valence-corrected chi connectivity index (χ3v) is 5.74. The second-order valence-electron chi connectivity index (χ2n) is 7.13. The maximum Gasteiger partial charge on any atom is 0.339 e. The Hall–Kier alpha value is -3.39. The molecule has 7 nitrogen and oxygen atoms in total. The molecule has 1 aliphatic carbocycles. The van der Waals surface area contributed by atoms with Crippen molar-refractivity contribution in [2.24, 2.45) is 0 Å². The van der Waals surface area contributed by atoms with Gasteiger partial charge < -0.3 is 15.4 Å². The molecule has 0 bridgehead atoms. The van der Waals surface area contributed by atoms with E-state index in [-0.39, 0.29) is 11.7 Å². The highest BCUT2D eigenvalue weighted by molar-refractivity contribution is 8.00. The van der Waals surface area contributed by atoms with Gasteiger partial charge in [-0.1, -0.05) is 18.2 Å². The molecule has 0 unspecified atom stereocenters. The molecule has 0 atom stereocenters. The topological polar surface area (TPSA) is 97.4 Å². The van der Waals surface area contributed by atoms with Crippen LogP contribution in [0.3, 0.4) is 0 Å². The number of amides is 2. The summed E-state index contributed by atoms with van der Waals surface area (Å²) in [4.78, 5) is 41.7. The van der Waals surface area contributed by atoms with Crippen LogP contribution in [0.5, 0.6) is 0 Å². The highest BCUT2D eigenvalue weighted by atomic mass is 32.2. The Morgan fingerprint density at radius 3 is 2.68 bits per heavy atom. The van der Waals surface area contributed by atoms with Gasteiger partial charge in [-0.3, -0.25) is 14.6 Å². The molecule has 0 spiro atoms. The Balaban J connectivity index is 1.34. The van der Waals surface area contributed by atoms with Crippen molar-refractivity contribution in [3.63, 3.8) is 0 Å². The van der Waals surface area contributed by atoms with E-state index in [0.29, 0.717) is 22.2 Å². The highest BCUT2D eigenvalue weighted by Crippen LogP contribution is 2.25. The number of nitrogens with one attached hydrogen (secondary N) is 2. The number of carbonyl (C=O) groups is 3. The Bertz CT molecular complexity index is 1130. The first-order valence-electron chi connectivity index (χ1n) is 9.92. The molecule has 0 aliphatic heterocycles. The number of benzene rings is 2. The van der Waals surface area contributed by atoms with Gasteiger partial charge in [0, 0.05) is 22.5 Å². The molecule has 1 fully saturated rings. The van der Waals surface area contributed by atoms with Crippen LogP contribution in [0.4, 0.5) is 5.69 Å². The Morgan fingerprint density at radius 2 is 1.84 bits per heavy atom. The number of thioether (sulfide) groups is 1. The van der Waals surface area contributed by atoms with Crippen molar-refractivity contribution in [1.82, 2.24) is 10.3 Å². The minimum Gasteiger partial charge on any atom is -0.452 e. The van der Waals surface area contributed by atoms with Crippen LogP contribution in [-0.4, -0.2) is 41.2 Å². The zero-order chi connectivity index (χ0) is 21.6. The third kappa shape index (κ3) is 5.61. The number of ether oxygens (including phenoxy) is 1. The summed E-state index contributed by atoms with van der Waals surface area (Å²) in [5.74, 6) is -0.894. The van der Waals surface area contributed by atoms with E-state index in [9.17, 15) is 14.4 Å². The predicted molar refractivity (Wildman–Crippen MR) is 119 cm³/mol. The average molecular weight is 436 g/mol. The fourth-order valence-corrected chi connectivity index (χ4v) is 3.86. The van der Waals surface area contributed by atoms with Gasteiger partial charge in [-0.15, -0.1) is 11.8 Å². The number of carbonyl (C=O) groups excluding carboxylic acids is 3. The molecule has 1 aromatic heterocycles. The Labute approximate surface area is 183 Å². The summed E-state index contributed by atoms with van der Waals surface area (Å²) in [6.07, 6.45) is 3.73. The standard InChI is InChI=1S/C23H21N3O4S/c27-21(26-19-8-3-7-18-16(19)6-4-12-24-18)13-30-23(29)17-5-1-2-9-20(17)31-14-22(28)25-15-10-11-15/h1-9,12,15H,10-11,13-14H2,(H,25,28)(H,26,27). The Kier molecular flexibility index (Phi) is 6.47. The zero-order valence-electron chi connectivity index (χ0n) is 16.7. The van der Waals surface area contributed by atoms with Crippen molar-refractivity contribution in [3.8, 4) is 0 Å². The number of rotatable bonds is 8. The van der Waals surface area contributed by atoms with Gasteiger partial charge in [-0.25, -0.2) is 4.79 Å². The van der Waals surface area contributed by atoms with Crippen LogP contribution in [0.1, 0.15) is 23.2 Å². The summed E-state index contributed by atoms with van der Waals surface area (Å²) in [7, 11) is 0. The van der Waals surface area contributed by atoms with Crippen LogP contribution < -0.4 is 10.6 Å². The lowest BCUT2D eigenvalue weighted by molar-refractivity contribution is -0.119. The van der Waals surface area contributed by atoms with E-state index in [1.807, 2.05) is 12.1 Å². The van der Waals surface area contributed by atoms with Crippen LogP contribution >= 0.6 is 11.8 Å². The average Bonchev–Trinajstić information content (AvgIpc) is 3.60. The van der Waals surface area contributed by atoms with Crippen molar-refractivity contribution in [2.45, 2.75) is 23.8 Å². The smallest absolute Gasteiger partial charge is 0.339 e. The largest absolute Gasteiger partial charge is 0.452 e. The summed E-state index contributed by atoms with van der Waals surface area (Å²) >= 11 is 1.27. The van der Waals surface area contributed by atoms with Gasteiger partial charge in [-0.05, 0) is 49.2 Å². The maximum atomic E-state index is 12.5. The van der Waals surface area contributed by atoms with Crippen molar-refractivity contribution in [1.29, 1.82) is 0 Å². The van der Waals surface area contributed by atoms with Gasteiger partial charge in [0.15, 0.2) is 6.61 Å². The van der Waals surface area contributed by atoms with Crippen molar-refractivity contribution in [2.75, 3.05) is 17.7 Å². The van der Waals surface area contributed by atoms with Gasteiger partial charge in [0.1, 0.15) is 0 Å². The number of esters is 1. The SMILES string of the molecule is O=C(COC(=O)c1ccccc1SCC(=O)NC1CC1)Nc1cccc2ncccc12. The fourth-order valence-electron chi connectivity index (χ4n) is 3.01. The summed E-state index contributed by atoms with van der Waals surface area (Å²) in [6, 6.07) is 16.2. The molecule has 0 radical (unpaired) electrons. The number of hydrogen-bond acceptors (Lipinski definition) is 6. The lowest BCUT2D eigenvalue weighted by atomic mass is 10.2. The van der Waals surface area contributed by atoms with Crippen molar-refractivity contribution < 1.29 is 19.1 Å². The van der Waals surface area contributed by atoms with Crippen LogP contribution in [0, 0.1) is 0 Å². The molecule has 1 heterocycles. The summed E-state index contributed by atoms with van der Waals surface area (Å²) in [5.41, 5.74) is 1.69.